The van der Waals surface area contributed by atoms with Gasteiger partial charge in [0.1, 0.15) is 5.01 Å². The SMILES string of the molecule is CCSc1ccc(NC(=O)/C=C/c2nc3ccccc3s2)cn1. The molecule has 116 valence electrons. The highest BCUT2D eigenvalue weighted by molar-refractivity contribution is 7.99. The molecule has 1 amide bonds. The summed E-state index contributed by atoms with van der Waals surface area (Å²) in [4.78, 5) is 20.7. The number of thioether (sulfide) groups is 1. The minimum Gasteiger partial charge on any atom is -0.321 e. The van der Waals surface area contributed by atoms with Crippen LogP contribution in [0, 0.1) is 0 Å². The molecule has 0 atom stereocenters. The van der Waals surface area contributed by atoms with Gasteiger partial charge in [-0.05, 0) is 36.1 Å². The number of benzene rings is 1. The largest absolute Gasteiger partial charge is 0.321 e. The van der Waals surface area contributed by atoms with E-state index in [-0.39, 0.29) is 5.91 Å². The van der Waals surface area contributed by atoms with Gasteiger partial charge in [-0.15, -0.1) is 23.1 Å². The minimum atomic E-state index is -0.193. The van der Waals surface area contributed by atoms with Crippen molar-refractivity contribution in [1.29, 1.82) is 0 Å². The van der Waals surface area contributed by atoms with Gasteiger partial charge in [0.05, 0.1) is 27.1 Å². The predicted molar refractivity (Wildman–Crippen MR) is 97.9 cm³/mol. The number of carbonyl (C=O) groups excluding carboxylic acids is 1. The fourth-order valence-electron chi connectivity index (χ4n) is 1.98. The summed E-state index contributed by atoms with van der Waals surface area (Å²) in [5.74, 6) is 0.783. The molecule has 23 heavy (non-hydrogen) atoms. The maximum Gasteiger partial charge on any atom is 0.248 e. The highest BCUT2D eigenvalue weighted by Crippen LogP contribution is 2.22. The van der Waals surface area contributed by atoms with Gasteiger partial charge in [0.2, 0.25) is 5.91 Å². The number of thiazole rings is 1. The van der Waals surface area contributed by atoms with Crippen molar-refractivity contribution >= 4 is 51.0 Å². The molecule has 6 heteroatoms. The third-order valence-electron chi connectivity index (χ3n) is 2.98. The summed E-state index contributed by atoms with van der Waals surface area (Å²) < 4.78 is 1.11. The normalized spacial score (nSPS) is 11.2. The zero-order valence-corrected chi connectivity index (χ0v) is 14.2. The predicted octanol–water partition coefficient (Wildman–Crippen LogP) is 4.46. The lowest BCUT2D eigenvalue weighted by Gasteiger charge is -2.02. The zero-order chi connectivity index (χ0) is 16.1. The van der Waals surface area contributed by atoms with Crippen molar-refractivity contribution in [2.75, 3.05) is 11.1 Å². The minimum absolute atomic E-state index is 0.193. The van der Waals surface area contributed by atoms with Crippen molar-refractivity contribution in [2.45, 2.75) is 11.9 Å². The van der Waals surface area contributed by atoms with Gasteiger partial charge in [0, 0.05) is 6.08 Å². The number of nitrogens with one attached hydrogen (secondary N) is 1. The number of hydrogen-bond donors (Lipinski definition) is 1. The number of rotatable bonds is 5. The van der Waals surface area contributed by atoms with Crippen molar-refractivity contribution in [3.8, 4) is 0 Å². The summed E-state index contributed by atoms with van der Waals surface area (Å²) in [5.41, 5.74) is 1.63. The molecule has 2 aromatic heterocycles. The van der Waals surface area contributed by atoms with E-state index in [1.54, 1.807) is 35.4 Å². The molecule has 0 saturated carbocycles. The quantitative estimate of drug-likeness (QED) is 0.550. The fourth-order valence-corrected chi connectivity index (χ4v) is 3.44. The molecule has 1 aromatic carbocycles. The van der Waals surface area contributed by atoms with E-state index in [2.05, 4.69) is 22.2 Å². The van der Waals surface area contributed by atoms with Crippen LogP contribution < -0.4 is 5.32 Å². The van der Waals surface area contributed by atoms with Crippen molar-refractivity contribution in [1.82, 2.24) is 9.97 Å². The van der Waals surface area contributed by atoms with E-state index < -0.39 is 0 Å². The van der Waals surface area contributed by atoms with Gasteiger partial charge in [0.25, 0.3) is 0 Å². The molecular weight excluding hydrogens is 326 g/mol. The van der Waals surface area contributed by atoms with Gasteiger partial charge >= 0.3 is 0 Å². The number of carbonyl (C=O) groups is 1. The van der Waals surface area contributed by atoms with E-state index >= 15 is 0 Å². The van der Waals surface area contributed by atoms with E-state index in [0.29, 0.717) is 5.69 Å². The molecule has 0 aliphatic carbocycles. The van der Waals surface area contributed by atoms with Gasteiger partial charge < -0.3 is 5.32 Å². The highest BCUT2D eigenvalue weighted by atomic mass is 32.2. The third kappa shape index (κ3) is 4.18. The smallest absolute Gasteiger partial charge is 0.248 e. The Hall–Kier alpha value is -2.18. The monoisotopic (exact) mass is 341 g/mol. The first-order chi connectivity index (χ1) is 11.2. The molecule has 0 radical (unpaired) electrons. The molecule has 0 unspecified atom stereocenters. The first-order valence-electron chi connectivity index (χ1n) is 7.18. The van der Waals surface area contributed by atoms with E-state index in [0.717, 1.165) is 26.0 Å². The van der Waals surface area contributed by atoms with Crippen LogP contribution in [0.15, 0.2) is 53.7 Å². The Kier molecular flexibility index (Phi) is 5.05. The average Bonchev–Trinajstić information content (AvgIpc) is 2.98. The van der Waals surface area contributed by atoms with E-state index in [4.69, 9.17) is 0 Å². The van der Waals surface area contributed by atoms with Gasteiger partial charge in [0.15, 0.2) is 0 Å². The Labute approximate surface area is 142 Å². The standard InChI is InChI=1S/C17H15N3OS2/c1-2-22-16-9-7-12(11-18-16)19-15(21)8-10-17-20-13-5-3-4-6-14(13)23-17/h3-11H,2H2,1H3,(H,19,21)/b10-8+. The molecular formula is C17H15N3OS2. The molecule has 0 bridgehead atoms. The number of amides is 1. The molecule has 0 saturated heterocycles. The first-order valence-corrected chi connectivity index (χ1v) is 8.98. The highest BCUT2D eigenvalue weighted by Gasteiger charge is 2.02. The van der Waals surface area contributed by atoms with Crippen molar-refractivity contribution in [3.63, 3.8) is 0 Å². The summed E-state index contributed by atoms with van der Waals surface area (Å²) in [6.45, 7) is 2.08. The number of aromatic nitrogens is 2. The fraction of sp³-hybridized carbons (Fsp3) is 0.118. The van der Waals surface area contributed by atoms with Gasteiger partial charge in [-0.3, -0.25) is 4.79 Å². The molecule has 2 heterocycles. The number of fused-ring (bicyclic) bond motifs is 1. The first kappa shape index (κ1) is 15.7. The van der Waals surface area contributed by atoms with Crippen LogP contribution in [-0.2, 0) is 4.79 Å². The van der Waals surface area contributed by atoms with Crippen molar-refractivity contribution in [2.24, 2.45) is 0 Å². The molecule has 0 aliphatic rings. The molecule has 0 spiro atoms. The van der Waals surface area contributed by atoms with Crippen LogP contribution in [0.5, 0.6) is 0 Å². The topological polar surface area (TPSA) is 54.9 Å². The van der Waals surface area contributed by atoms with Crippen LogP contribution >= 0.6 is 23.1 Å². The number of pyridine rings is 1. The molecule has 0 aliphatic heterocycles. The van der Waals surface area contributed by atoms with E-state index in [1.807, 2.05) is 36.4 Å². The van der Waals surface area contributed by atoms with E-state index in [1.165, 1.54) is 6.08 Å². The van der Waals surface area contributed by atoms with Gasteiger partial charge in [-0.25, -0.2) is 9.97 Å². The third-order valence-corrected chi connectivity index (χ3v) is 4.81. The Morgan fingerprint density at radius 1 is 1.30 bits per heavy atom. The second-order valence-electron chi connectivity index (χ2n) is 4.66. The van der Waals surface area contributed by atoms with Crippen molar-refractivity contribution in [3.05, 3.63) is 53.7 Å². The van der Waals surface area contributed by atoms with Crippen LogP contribution in [0.3, 0.4) is 0 Å². The van der Waals surface area contributed by atoms with Crippen molar-refractivity contribution < 1.29 is 4.79 Å². The van der Waals surface area contributed by atoms with Crippen LogP contribution in [0.25, 0.3) is 16.3 Å². The molecule has 1 N–H and O–H groups in total. The Morgan fingerprint density at radius 2 is 2.17 bits per heavy atom. The number of nitrogens with zero attached hydrogens (tertiary/aromatic N) is 2. The molecule has 3 rings (SSSR count). The summed E-state index contributed by atoms with van der Waals surface area (Å²) >= 11 is 3.23. The summed E-state index contributed by atoms with van der Waals surface area (Å²) in [6, 6.07) is 11.7. The Morgan fingerprint density at radius 3 is 2.91 bits per heavy atom. The number of anilines is 1. The Balaban J connectivity index is 1.64. The van der Waals surface area contributed by atoms with Gasteiger partial charge in [-0.2, -0.15) is 0 Å². The van der Waals surface area contributed by atoms with Crippen LogP contribution in [-0.4, -0.2) is 21.6 Å². The number of para-hydroxylation sites is 1. The van der Waals surface area contributed by atoms with Crippen LogP contribution in [0.1, 0.15) is 11.9 Å². The Bertz CT molecular complexity index is 807. The second kappa shape index (κ2) is 7.39. The lowest BCUT2D eigenvalue weighted by molar-refractivity contribution is -0.111. The molecule has 3 aromatic rings. The lowest BCUT2D eigenvalue weighted by Crippen LogP contribution is -2.07. The van der Waals surface area contributed by atoms with Crippen LogP contribution in [0.4, 0.5) is 5.69 Å². The average molecular weight is 341 g/mol. The molecule has 4 nitrogen and oxygen atoms in total. The summed E-state index contributed by atoms with van der Waals surface area (Å²) in [5, 5.41) is 4.56. The van der Waals surface area contributed by atoms with E-state index in [9.17, 15) is 4.79 Å². The number of hydrogen-bond acceptors (Lipinski definition) is 5. The maximum atomic E-state index is 12.0. The maximum absolute atomic E-state index is 12.0. The zero-order valence-electron chi connectivity index (χ0n) is 12.5. The summed E-state index contributed by atoms with van der Waals surface area (Å²) in [6.07, 6.45) is 4.89. The molecule has 0 fully saturated rings. The van der Waals surface area contributed by atoms with Gasteiger partial charge in [-0.1, -0.05) is 19.1 Å². The lowest BCUT2D eigenvalue weighted by atomic mass is 10.3. The second-order valence-corrected chi connectivity index (χ2v) is 7.01. The van der Waals surface area contributed by atoms with Crippen LogP contribution in [0.2, 0.25) is 0 Å². The summed E-state index contributed by atoms with van der Waals surface area (Å²) in [7, 11) is 0.